The highest BCUT2D eigenvalue weighted by Gasteiger charge is 2.44. The van der Waals surface area contributed by atoms with E-state index >= 15 is 0 Å². The van der Waals surface area contributed by atoms with Crippen LogP contribution in [0.5, 0.6) is 5.75 Å². The number of hydrogen-bond donors (Lipinski definition) is 3. The highest BCUT2D eigenvalue weighted by Crippen LogP contribution is 2.38. The smallest absolute Gasteiger partial charge is 0.263 e. The van der Waals surface area contributed by atoms with E-state index in [0.717, 1.165) is 22.2 Å². The molecule has 5 rings (SSSR count). The molecule has 1 unspecified atom stereocenters. The molecule has 1 aromatic carbocycles. The lowest BCUT2D eigenvalue weighted by Crippen LogP contribution is -2.35. The van der Waals surface area contributed by atoms with E-state index < -0.39 is 30.8 Å². The van der Waals surface area contributed by atoms with Crippen molar-refractivity contribution in [2.45, 2.75) is 57.1 Å². The zero-order valence-corrected chi connectivity index (χ0v) is 17.0. The van der Waals surface area contributed by atoms with Gasteiger partial charge in [-0.1, -0.05) is 0 Å². The van der Waals surface area contributed by atoms with E-state index in [1.54, 1.807) is 0 Å². The number of aliphatic hydroxyl groups excluding tert-OH is 2. The molecule has 1 saturated carbocycles. The minimum atomic E-state index is -2.61. The summed E-state index contributed by atoms with van der Waals surface area (Å²) in [4.78, 5) is 8.52. The number of alkyl halides is 2. The van der Waals surface area contributed by atoms with Crippen molar-refractivity contribution in [1.82, 2.24) is 19.9 Å². The number of nitrogens with zero attached hydrogens (tertiary/aromatic N) is 3. The second kappa shape index (κ2) is 7.81. The van der Waals surface area contributed by atoms with Crippen LogP contribution < -0.4 is 10.1 Å². The number of benzene rings is 1. The van der Waals surface area contributed by atoms with Crippen molar-refractivity contribution in [2.24, 2.45) is 0 Å². The molecular formula is C22H24F2N4O3. The lowest BCUT2D eigenvalue weighted by molar-refractivity contribution is -0.0167. The normalized spacial score (nSPS) is 25.9. The van der Waals surface area contributed by atoms with E-state index in [-0.39, 0.29) is 5.56 Å². The summed E-state index contributed by atoms with van der Waals surface area (Å²) in [5, 5.41) is 25.6. The van der Waals surface area contributed by atoms with E-state index in [0.29, 0.717) is 37.3 Å². The minimum Gasteiger partial charge on any atom is -0.487 e. The molecule has 0 spiro atoms. The molecule has 3 aromatic rings. The van der Waals surface area contributed by atoms with Crippen LogP contribution in [0.2, 0.25) is 0 Å². The van der Waals surface area contributed by atoms with Crippen molar-refractivity contribution in [3.05, 3.63) is 53.1 Å². The Balaban J connectivity index is 1.46. The maximum Gasteiger partial charge on any atom is 0.263 e. The van der Waals surface area contributed by atoms with Gasteiger partial charge in [-0.2, -0.15) is 0 Å². The van der Waals surface area contributed by atoms with Gasteiger partial charge in [-0.15, -0.1) is 0 Å². The Morgan fingerprint density at radius 3 is 2.87 bits per heavy atom. The van der Waals surface area contributed by atoms with Crippen LogP contribution in [0.1, 0.15) is 41.3 Å². The van der Waals surface area contributed by atoms with Crippen LogP contribution in [0.4, 0.5) is 8.78 Å². The molecule has 164 valence electrons. The van der Waals surface area contributed by atoms with Gasteiger partial charge in [-0.3, -0.25) is 0 Å². The van der Waals surface area contributed by atoms with Gasteiger partial charge in [-0.25, -0.2) is 18.7 Å². The molecule has 1 fully saturated rings. The first-order valence-corrected chi connectivity index (χ1v) is 10.4. The number of aryl methyl sites for hydroxylation is 1. The summed E-state index contributed by atoms with van der Waals surface area (Å²) < 4.78 is 34.8. The Hall–Kier alpha value is -2.62. The molecule has 2 aliphatic rings. The van der Waals surface area contributed by atoms with Crippen LogP contribution in [0, 0.1) is 6.92 Å². The van der Waals surface area contributed by atoms with Gasteiger partial charge >= 0.3 is 0 Å². The van der Waals surface area contributed by atoms with Gasteiger partial charge < -0.3 is 24.8 Å². The summed E-state index contributed by atoms with van der Waals surface area (Å²) in [6, 6.07) is 4.31. The first-order chi connectivity index (χ1) is 14.9. The van der Waals surface area contributed by atoms with E-state index in [9.17, 15) is 19.0 Å². The van der Waals surface area contributed by atoms with E-state index in [2.05, 4.69) is 15.3 Å². The number of aliphatic hydroxyl groups is 2. The van der Waals surface area contributed by atoms with Gasteiger partial charge in [0.15, 0.2) is 0 Å². The van der Waals surface area contributed by atoms with Crippen LogP contribution in [-0.2, 0) is 13.0 Å². The molecule has 7 nitrogen and oxygen atoms in total. The number of rotatable bonds is 4. The van der Waals surface area contributed by atoms with E-state index in [1.807, 2.05) is 23.8 Å². The molecule has 3 heterocycles. The molecule has 2 aromatic heterocycles. The van der Waals surface area contributed by atoms with E-state index in [1.165, 1.54) is 18.5 Å². The Morgan fingerprint density at radius 1 is 1.23 bits per heavy atom. The lowest BCUT2D eigenvalue weighted by atomic mass is 9.97. The summed E-state index contributed by atoms with van der Waals surface area (Å²) in [5.41, 5.74) is 3.07. The summed E-state index contributed by atoms with van der Waals surface area (Å²) in [5.74, 6) is 0.340. The molecule has 31 heavy (non-hydrogen) atoms. The second-order valence-electron chi connectivity index (χ2n) is 8.24. The number of halogens is 2. The fourth-order valence-corrected chi connectivity index (χ4v) is 4.71. The molecule has 1 aliphatic carbocycles. The Labute approximate surface area is 177 Å². The van der Waals surface area contributed by atoms with Gasteiger partial charge in [0.25, 0.3) is 6.43 Å². The van der Waals surface area contributed by atoms with Crippen LogP contribution in [0.3, 0.4) is 0 Å². The molecule has 0 bridgehead atoms. The standard InChI is InChI=1S/C22H24F2N4O3/c1-11-14-3-5-28(22(14)27-10-26-11)16-8-18(20(30)19(16)29)31-17-7-13(21(23)24)6-12-2-4-25-9-15(12)17/h3,5-7,10,16,18-21,25,29-30H,2,4,8-9H2,1H3/t16?,18-,19-,20+/m0/s1. The molecule has 4 atom stereocenters. The van der Waals surface area contributed by atoms with Gasteiger partial charge in [0.1, 0.15) is 36.0 Å². The molecule has 0 saturated heterocycles. The summed E-state index contributed by atoms with van der Waals surface area (Å²) in [6.45, 7) is 3.11. The SMILES string of the molecule is Cc1ncnc2c1ccn2C1C[C@H](Oc2cc(C(F)F)cc3c2CNCC3)[C@@H](O)[C@H]1O. The zero-order chi connectivity index (χ0) is 21.7. The summed E-state index contributed by atoms with van der Waals surface area (Å²) in [7, 11) is 0. The maximum absolute atomic E-state index is 13.4. The first kappa shape index (κ1) is 20.3. The number of nitrogens with one attached hydrogen (secondary N) is 1. The van der Waals surface area contributed by atoms with Gasteiger partial charge in [-0.05, 0) is 43.7 Å². The van der Waals surface area contributed by atoms with Crippen LogP contribution >= 0.6 is 0 Å². The highest BCUT2D eigenvalue weighted by molar-refractivity contribution is 5.78. The monoisotopic (exact) mass is 430 g/mol. The number of ether oxygens (including phenoxy) is 1. The largest absolute Gasteiger partial charge is 0.487 e. The third-order valence-electron chi connectivity index (χ3n) is 6.39. The molecular weight excluding hydrogens is 406 g/mol. The summed E-state index contributed by atoms with van der Waals surface area (Å²) in [6.07, 6.45) is -1.35. The average molecular weight is 430 g/mol. The third-order valence-corrected chi connectivity index (χ3v) is 6.39. The molecule has 9 heteroatoms. The van der Waals surface area contributed by atoms with Crippen molar-refractivity contribution in [2.75, 3.05) is 6.54 Å². The van der Waals surface area contributed by atoms with Gasteiger partial charge in [0.2, 0.25) is 0 Å². The van der Waals surface area contributed by atoms with Gasteiger partial charge in [0, 0.05) is 35.7 Å². The van der Waals surface area contributed by atoms with E-state index in [4.69, 9.17) is 4.74 Å². The van der Waals surface area contributed by atoms with Crippen LogP contribution in [-0.4, -0.2) is 49.6 Å². The lowest BCUT2D eigenvalue weighted by Gasteiger charge is -2.25. The highest BCUT2D eigenvalue weighted by atomic mass is 19.3. The predicted octanol–water partition coefficient (Wildman–Crippen LogP) is 2.44. The van der Waals surface area contributed by atoms with Crippen molar-refractivity contribution < 1.29 is 23.7 Å². The van der Waals surface area contributed by atoms with Crippen molar-refractivity contribution in [3.63, 3.8) is 0 Å². The Morgan fingerprint density at radius 2 is 2.06 bits per heavy atom. The van der Waals surface area contributed by atoms with Crippen molar-refractivity contribution >= 4 is 11.0 Å². The van der Waals surface area contributed by atoms with Gasteiger partial charge in [0.05, 0.1) is 11.7 Å². The quantitative estimate of drug-likeness (QED) is 0.589. The Bertz CT molecular complexity index is 1120. The van der Waals surface area contributed by atoms with Crippen LogP contribution in [0.25, 0.3) is 11.0 Å². The fourth-order valence-electron chi connectivity index (χ4n) is 4.71. The number of fused-ring (bicyclic) bond motifs is 2. The fraction of sp³-hybridized carbons (Fsp3) is 0.455. The second-order valence-corrected chi connectivity index (χ2v) is 8.24. The first-order valence-electron chi connectivity index (χ1n) is 10.4. The molecule has 1 aliphatic heterocycles. The third kappa shape index (κ3) is 3.46. The maximum atomic E-state index is 13.4. The molecule has 0 amide bonds. The predicted molar refractivity (Wildman–Crippen MR) is 109 cm³/mol. The molecule has 3 N–H and O–H groups in total. The molecule has 0 radical (unpaired) electrons. The number of hydrogen-bond acceptors (Lipinski definition) is 6. The Kier molecular flexibility index (Phi) is 5.11. The number of aromatic nitrogens is 3. The van der Waals surface area contributed by atoms with Crippen molar-refractivity contribution in [3.8, 4) is 5.75 Å². The van der Waals surface area contributed by atoms with Crippen molar-refractivity contribution in [1.29, 1.82) is 0 Å². The van der Waals surface area contributed by atoms with Crippen LogP contribution in [0.15, 0.2) is 30.7 Å². The topological polar surface area (TPSA) is 92.4 Å². The summed E-state index contributed by atoms with van der Waals surface area (Å²) >= 11 is 0. The zero-order valence-electron chi connectivity index (χ0n) is 17.0. The minimum absolute atomic E-state index is 0.0937. The average Bonchev–Trinajstić information content (AvgIpc) is 3.31.